The van der Waals surface area contributed by atoms with Crippen LogP contribution in [-0.2, 0) is 14.2 Å². The first-order valence-corrected chi connectivity index (χ1v) is 13.7. The lowest BCUT2D eigenvalue weighted by atomic mass is 9.96. The van der Waals surface area contributed by atoms with Crippen LogP contribution in [0.3, 0.4) is 0 Å². The summed E-state index contributed by atoms with van der Waals surface area (Å²) >= 11 is 0. The Balaban J connectivity index is 2.25. The van der Waals surface area contributed by atoms with E-state index in [1.807, 2.05) is 27.7 Å². The highest BCUT2D eigenvalue weighted by Crippen LogP contribution is 2.46. The van der Waals surface area contributed by atoms with Gasteiger partial charge >= 0.3 is 0 Å². The van der Waals surface area contributed by atoms with Crippen molar-refractivity contribution in [3.63, 3.8) is 0 Å². The van der Waals surface area contributed by atoms with Crippen molar-refractivity contribution in [3.05, 3.63) is 39.4 Å². The number of nitrogens with zero attached hydrogens (tertiary/aromatic N) is 2. The second-order valence-electron chi connectivity index (χ2n) is 9.80. The Kier molecular flexibility index (Phi) is 9.51. The predicted molar refractivity (Wildman–Crippen MR) is 132 cm³/mol. The van der Waals surface area contributed by atoms with E-state index in [9.17, 15) is 38.8 Å². The Morgan fingerprint density at radius 1 is 1.08 bits per heavy atom. The third-order valence-electron chi connectivity index (χ3n) is 5.76. The molecule has 1 aromatic carbocycles. The van der Waals surface area contributed by atoms with Crippen LogP contribution in [0.1, 0.15) is 61.3 Å². The average molecular weight is 525 g/mol. The number of hydrogen-bond acceptors (Lipinski definition) is 7. The van der Waals surface area contributed by atoms with Gasteiger partial charge in [-0.3, -0.25) is 38.8 Å². The number of carbonyl (C=O) groups is 4. The number of nitro benzene ring substituents is 1. The Morgan fingerprint density at radius 3 is 2.22 bits per heavy atom. The molecule has 0 bridgehead atoms. The molecule has 36 heavy (non-hydrogen) atoms. The van der Waals surface area contributed by atoms with E-state index in [1.165, 1.54) is 19.2 Å². The fourth-order valence-corrected chi connectivity index (χ4v) is 6.04. The highest BCUT2D eigenvalue weighted by Gasteiger charge is 2.44. The lowest BCUT2D eigenvalue weighted by Gasteiger charge is -2.26. The summed E-state index contributed by atoms with van der Waals surface area (Å²) in [6, 6.07) is 2.75. The van der Waals surface area contributed by atoms with Crippen molar-refractivity contribution in [1.82, 2.24) is 15.5 Å². The van der Waals surface area contributed by atoms with Crippen molar-refractivity contribution >= 4 is 36.7 Å². The summed E-state index contributed by atoms with van der Waals surface area (Å²) in [5.41, 5.74) is -1.21. The molecule has 0 aromatic heterocycles. The molecule has 2 rings (SSSR count). The maximum atomic E-state index is 13.2. The van der Waals surface area contributed by atoms with Crippen LogP contribution < -0.4 is 10.6 Å². The second-order valence-corrected chi connectivity index (χ2v) is 12.1. The molecule has 1 aliphatic rings. The van der Waals surface area contributed by atoms with E-state index in [1.54, 1.807) is 0 Å². The number of carbonyl (C=O) groups excluding carboxylic acids is 4. The summed E-state index contributed by atoms with van der Waals surface area (Å²) in [4.78, 5) is 72.7. The van der Waals surface area contributed by atoms with Gasteiger partial charge in [-0.15, -0.1) is 0 Å². The van der Waals surface area contributed by atoms with Crippen molar-refractivity contribution in [1.29, 1.82) is 0 Å². The maximum absolute atomic E-state index is 13.2. The SMILES string of the molecule is CNC(=O)C(CC(C)C)NC(=O)C(CC(C)C)CP(=O)(O)CN1C(=O)c2cccc([N+](=O)[O-])c2C1=O. The van der Waals surface area contributed by atoms with E-state index in [2.05, 4.69) is 10.6 Å². The van der Waals surface area contributed by atoms with Crippen LogP contribution in [-0.4, -0.2) is 63.9 Å². The van der Waals surface area contributed by atoms with Gasteiger partial charge in [0.2, 0.25) is 19.2 Å². The zero-order chi connectivity index (χ0) is 27.4. The molecule has 0 saturated carbocycles. The van der Waals surface area contributed by atoms with Crippen LogP contribution in [0.2, 0.25) is 0 Å². The summed E-state index contributed by atoms with van der Waals surface area (Å²) in [6.07, 6.45) is -0.825. The van der Waals surface area contributed by atoms with Gasteiger partial charge in [0.15, 0.2) is 0 Å². The van der Waals surface area contributed by atoms with Crippen molar-refractivity contribution in [2.24, 2.45) is 17.8 Å². The number of likely N-dealkylation sites (N-methyl/N-ethyl adjacent to an activating group) is 1. The molecule has 0 saturated heterocycles. The highest BCUT2D eigenvalue weighted by molar-refractivity contribution is 7.58. The Bertz CT molecular complexity index is 1100. The van der Waals surface area contributed by atoms with Crippen LogP contribution in [0.15, 0.2) is 18.2 Å². The number of hydrogen-bond donors (Lipinski definition) is 3. The normalized spacial score (nSPS) is 16.5. The third-order valence-corrected chi connectivity index (χ3v) is 7.49. The van der Waals surface area contributed by atoms with Crippen molar-refractivity contribution in [2.75, 3.05) is 19.5 Å². The van der Waals surface area contributed by atoms with Crippen LogP contribution in [0.25, 0.3) is 0 Å². The quantitative estimate of drug-likeness (QED) is 0.161. The molecule has 3 unspecified atom stereocenters. The largest absolute Gasteiger partial charge is 0.357 e. The monoisotopic (exact) mass is 524 g/mol. The van der Waals surface area contributed by atoms with Gasteiger partial charge in [-0.05, 0) is 30.7 Å². The number of amides is 4. The van der Waals surface area contributed by atoms with Gasteiger partial charge in [-0.1, -0.05) is 33.8 Å². The molecule has 0 aliphatic carbocycles. The first kappa shape index (κ1) is 29.1. The average Bonchev–Trinajstić information content (AvgIpc) is 3.01. The Labute approximate surface area is 209 Å². The number of rotatable bonds is 12. The molecule has 3 N–H and O–H groups in total. The minimum absolute atomic E-state index is 0.0359. The molecule has 4 amide bonds. The lowest BCUT2D eigenvalue weighted by molar-refractivity contribution is -0.385. The fraction of sp³-hybridized carbons (Fsp3) is 0.565. The van der Waals surface area contributed by atoms with Crippen LogP contribution in [0.4, 0.5) is 5.69 Å². The Hall–Kier alpha value is -3.11. The number of fused-ring (bicyclic) bond motifs is 1. The second kappa shape index (κ2) is 11.7. The molecule has 0 fully saturated rings. The zero-order valence-corrected chi connectivity index (χ0v) is 21.9. The number of nitro groups is 1. The van der Waals surface area contributed by atoms with E-state index < -0.39 is 65.7 Å². The van der Waals surface area contributed by atoms with E-state index >= 15 is 0 Å². The van der Waals surface area contributed by atoms with Gasteiger partial charge in [0.1, 0.15) is 17.9 Å². The predicted octanol–water partition coefficient (Wildman–Crippen LogP) is 2.36. The number of nitrogens with one attached hydrogen (secondary N) is 2. The van der Waals surface area contributed by atoms with Gasteiger partial charge in [-0.25, -0.2) is 0 Å². The molecule has 3 atom stereocenters. The van der Waals surface area contributed by atoms with Gasteiger partial charge in [0.25, 0.3) is 17.5 Å². The smallest absolute Gasteiger partial charge is 0.282 e. The molecule has 12 nitrogen and oxygen atoms in total. The first-order chi connectivity index (χ1) is 16.7. The van der Waals surface area contributed by atoms with Crippen LogP contribution >= 0.6 is 7.37 Å². The molecule has 1 aromatic rings. The summed E-state index contributed by atoms with van der Waals surface area (Å²) in [5, 5.41) is 16.5. The topological polar surface area (TPSA) is 176 Å². The van der Waals surface area contributed by atoms with Gasteiger partial charge in [0, 0.05) is 25.2 Å². The minimum atomic E-state index is -4.30. The van der Waals surface area contributed by atoms with Crippen LogP contribution in [0, 0.1) is 27.9 Å². The highest BCUT2D eigenvalue weighted by atomic mass is 31.2. The number of benzene rings is 1. The van der Waals surface area contributed by atoms with Gasteiger partial charge < -0.3 is 15.5 Å². The van der Waals surface area contributed by atoms with E-state index in [-0.39, 0.29) is 29.7 Å². The molecular formula is C23H33N4O8P. The van der Waals surface area contributed by atoms with Gasteiger partial charge in [-0.2, -0.15) is 0 Å². The third kappa shape index (κ3) is 6.98. The number of imide groups is 1. The van der Waals surface area contributed by atoms with Crippen molar-refractivity contribution in [3.8, 4) is 0 Å². The molecule has 0 spiro atoms. The summed E-state index contributed by atoms with van der Waals surface area (Å²) in [6.45, 7) is 7.44. The maximum Gasteiger partial charge on any atom is 0.282 e. The fourth-order valence-electron chi connectivity index (χ4n) is 4.22. The minimum Gasteiger partial charge on any atom is -0.357 e. The van der Waals surface area contributed by atoms with E-state index in [4.69, 9.17) is 0 Å². The molecule has 198 valence electrons. The van der Waals surface area contributed by atoms with Crippen molar-refractivity contribution in [2.45, 2.75) is 46.6 Å². The Morgan fingerprint density at radius 2 is 1.69 bits per heavy atom. The molecule has 1 aliphatic heterocycles. The standard InChI is InChI=1S/C23H33N4O8P/c1-13(2)9-15(20(28)25-17(10-14(3)4)21(29)24-5)11-36(34,35)12-26-22(30)16-7-6-8-18(27(32)33)19(16)23(26)31/h6-8,13-15,17H,9-12H2,1-5H3,(H,24,29)(H,25,28)(H,34,35). The lowest BCUT2D eigenvalue weighted by Crippen LogP contribution is -2.49. The molecule has 13 heteroatoms. The van der Waals surface area contributed by atoms with Gasteiger partial charge in [0.05, 0.1) is 10.5 Å². The molecular weight excluding hydrogens is 491 g/mol. The summed E-state index contributed by atoms with van der Waals surface area (Å²) in [5.74, 6) is -3.81. The zero-order valence-electron chi connectivity index (χ0n) is 21.0. The van der Waals surface area contributed by atoms with Crippen LogP contribution in [0.5, 0.6) is 0 Å². The summed E-state index contributed by atoms with van der Waals surface area (Å²) < 4.78 is 13.2. The summed E-state index contributed by atoms with van der Waals surface area (Å²) in [7, 11) is -2.85. The van der Waals surface area contributed by atoms with Crippen molar-refractivity contribution < 1.29 is 33.6 Å². The van der Waals surface area contributed by atoms with E-state index in [0.29, 0.717) is 11.3 Å². The molecule has 0 radical (unpaired) electrons. The molecule has 1 heterocycles. The van der Waals surface area contributed by atoms with E-state index in [0.717, 1.165) is 6.07 Å². The first-order valence-electron chi connectivity index (χ1n) is 11.6.